The molecular weight excluding hydrogens is 262 g/mol. The molecule has 2 rings (SSSR count). The summed E-state index contributed by atoms with van der Waals surface area (Å²) in [4.78, 5) is 12.8. The van der Waals surface area contributed by atoms with E-state index in [4.69, 9.17) is 9.47 Å². The number of nitrogens with one attached hydrogen (secondary N) is 1. The summed E-state index contributed by atoms with van der Waals surface area (Å²) in [6, 6.07) is 7.72. The van der Waals surface area contributed by atoms with Crippen LogP contribution in [0.3, 0.4) is 0 Å². The molecule has 1 aromatic rings. The van der Waals surface area contributed by atoms with Gasteiger partial charge in [0.1, 0.15) is 5.75 Å². The van der Waals surface area contributed by atoms with Gasteiger partial charge in [0.05, 0.1) is 26.1 Å². The van der Waals surface area contributed by atoms with Crippen LogP contribution >= 0.6 is 11.8 Å². The molecule has 0 bridgehead atoms. The maximum absolute atomic E-state index is 11.8. The van der Waals surface area contributed by atoms with E-state index in [2.05, 4.69) is 12.2 Å². The summed E-state index contributed by atoms with van der Waals surface area (Å²) in [6.45, 7) is 4.27. The fourth-order valence-electron chi connectivity index (χ4n) is 1.76. The number of rotatable bonds is 6. The van der Waals surface area contributed by atoms with Crippen molar-refractivity contribution in [3.05, 3.63) is 24.3 Å². The van der Waals surface area contributed by atoms with E-state index < -0.39 is 0 Å². The highest BCUT2D eigenvalue weighted by atomic mass is 32.2. The molecule has 0 spiro atoms. The monoisotopic (exact) mass is 281 g/mol. The van der Waals surface area contributed by atoms with E-state index in [1.165, 1.54) is 11.8 Å². The van der Waals surface area contributed by atoms with Crippen LogP contribution in [0.4, 0.5) is 0 Å². The van der Waals surface area contributed by atoms with Crippen LogP contribution in [0, 0.1) is 5.41 Å². The number of ether oxygens (including phenoxy) is 2. The molecule has 1 aliphatic rings. The first-order valence-electron chi connectivity index (χ1n) is 6.23. The summed E-state index contributed by atoms with van der Waals surface area (Å²) >= 11 is 1.51. The van der Waals surface area contributed by atoms with Gasteiger partial charge in [-0.2, -0.15) is 0 Å². The van der Waals surface area contributed by atoms with Gasteiger partial charge in [-0.1, -0.05) is 13.0 Å². The van der Waals surface area contributed by atoms with Crippen LogP contribution in [0.15, 0.2) is 29.2 Å². The second kappa shape index (κ2) is 6.30. The summed E-state index contributed by atoms with van der Waals surface area (Å²) in [5, 5.41) is 2.95. The molecular formula is C14H19NO3S. The van der Waals surface area contributed by atoms with Crippen molar-refractivity contribution in [2.24, 2.45) is 5.41 Å². The number of thioether (sulfide) groups is 1. The zero-order chi connectivity index (χ0) is 13.7. The van der Waals surface area contributed by atoms with Crippen LogP contribution in [0.1, 0.15) is 6.92 Å². The van der Waals surface area contributed by atoms with Crippen molar-refractivity contribution >= 4 is 17.7 Å². The highest BCUT2D eigenvalue weighted by molar-refractivity contribution is 8.00. The Labute approximate surface area is 117 Å². The fourth-order valence-corrected chi connectivity index (χ4v) is 2.53. The summed E-state index contributed by atoms with van der Waals surface area (Å²) in [7, 11) is 1.64. The SMILES string of the molecule is COc1cccc(SCC(=O)NCC2(C)COC2)c1. The lowest BCUT2D eigenvalue weighted by atomic mass is 9.89. The molecule has 104 valence electrons. The molecule has 1 N–H and O–H groups in total. The van der Waals surface area contributed by atoms with Crippen molar-refractivity contribution in [2.45, 2.75) is 11.8 Å². The van der Waals surface area contributed by atoms with Crippen LogP contribution in [0.25, 0.3) is 0 Å². The second-order valence-electron chi connectivity index (χ2n) is 5.05. The predicted octanol–water partition coefficient (Wildman–Crippen LogP) is 1.94. The number of benzene rings is 1. The third-order valence-electron chi connectivity index (χ3n) is 3.02. The predicted molar refractivity (Wildman–Crippen MR) is 75.7 cm³/mol. The molecule has 0 aromatic heterocycles. The molecule has 0 radical (unpaired) electrons. The Hall–Kier alpha value is -1.20. The molecule has 1 heterocycles. The average molecular weight is 281 g/mol. The van der Waals surface area contributed by atoms with E-state index in [1.807, 2.05) is 24.3 Å². The normalized spacial score (nSPS) is 16.5. The lowest BCUT2D eigenvalue weighted by molar-refractivity contribution is -0.124. The van der Waals surface area contributed by atoms with Gasteiger partial charge in [-0.15, -0.1) is 11.8 Å². The van der Waals surface area contributed by atoms with Gasteiger partial charge in [-0.25, -0.2) is 0 Å². The molecule has 1 aromatic carbocycles. The smallest absolute Gasteiger partial charge is 0.230 e. The summed E-state index contributed by atoms with van der Waals surface area (Å²) in [5.41, 5.74) is 0.121. The summed E-state index contributed by atoms with van der Waals surface area (Å²) < 4.78 is 10.3. The zero-order valence-corrected chi connectivity index (χ0v) is 12.1. The largest absolute Gasteiger partial charge is 0.497 e. The van der Waals surface area contributed by atoms with Gasteiger partial charge in [0.25, 0.3) is 0 Å². The van der Waals surface area contributed by atoms with Gasteiger partial charge in [-0.05, 0) is 18.2 Å². The maximum Gasteiger partial charge on any atom is 0.230 e. The van der Waals surface area contributed by atoms with Gasteiger partial charge in [0.2, 0.25) is 5.91 Å². The van der Waals surface area contributed by atoms with E-state index in [-0.39, 0.29) is 11.3 Å². The molecule has 19 heavy (non-hydrogen) atoms. The Bertz CT molecular complexity index is 446. The molecule has 5 heteroatoms. The van der Waals surface area contributed by atoms with Crippen LogP contribution in [0.2, 0.25) is 0 Å². The lowest BCUT2D eigenvalue weighted by Gasteiger charge is -2.38. The van der Waals surface area contributed by atoms with Crippen molar-refractivity contribution in [1.29, 1.82) is 0 Å². The van der Waals surface area contributed by atoms with Crippen molar-refractivity contribution in [1.82, 2.24) is 5.32 Å². The molecule has 1 amide bonds. The number of carbonyl (C=O) groups is 1. The Morgan fingerprint density at radius 3 is 2.95 bits per heavy atom. The molecule has 0 aliphatic carbocycles. The average Bonchev–Trinajstić information content (AvgIpc) is 2.41. The van der Waals surface area contributed by atoms with Crippen molar-refractivity contribution < 1.29 is 14.3 Å². The molecule has 1 fully saturated rings. The Morgan fingerprint density at radius 1 is 1.53 bits per heavy atom. The first kappa shape index (κ1) is 14.2. The van der Waals surface area contributed by atoms with Gasteiger partial charge in [0.15, 0.2) is 0 Å². The van der Waals surface area contributed by atoms with Gasteiger partial charge >= 0.3 is 0 Å². The summed E-state index contributed by atoms with van der Waals surface area (Å²) in [6.07, 6.45) is 0. The highest BCUT2D eigenvalue weighted by Gasteiger charge is 2.33. The standard InChI is InChI=1S/C14H19NO3S/c1-14(9-18-10-14)8-15-13(16)7-19-12-5-3-4-11(6-12)17-2/h3-6H,7-10H2,1-2H3,(H,15,16). The minimum atomic E-state index is 0.0564. The van der Waals surface area contributed by atoms with E-state index >= 15 is 0 Å². The van der Waals surface area contributed by atoms with Crippen LogP contribution in [-0.2, 0) is 9.53 Å². The van der Waals surface area contributed by atoms with Crippen molar-refractivity contribution in [2.75, 3.05) is 32.6 Å². The fraction of sp³-hybridized carbons (Fsp3) is 0.500. The maximum atomic E-state index is 11.8. The van der Waals surface area contributed by atoms with E-state index in [9.17, 15) is 4.79 Å². The molecule has 1 saturated heterocycles. The topological polar surface area (TPSA) is 47.6 Å². The quantitative estimate of drug-likeness (QED) is 0.810. The molecule has 1 aliphatic heterocycles. The van der Waals surface area contributed by atoms with E-state index in [0.717, 1.165) is 23.9 Å². The molecule has 0 unspecified atom stereocenters. The van der Waals surface area contributed by atoms with Crippen molar-refractivity contribution in [3.63, 3.8) is 0 Å². The van der Waals surface area contributed by atoms with Crippen LogP contribution < -0.4 is 10.1 Å². The minimum Gasteiger partial charge on any atom is -0.497 e. The third-order valence-corrected chi connectivity index (χ3v) is 4.02. The number of methoxy groups -OCH3 is 1. The highest BCUT2D eigenvalue weighted by Crippen LogP contribution is 2.25. The Morgan fingerprint density at radius 2 is 2.32 bits per heavy atom. The molecule has 0 saturated carbocycles. The first-order valence-corrected chi connectivity index (χ1v) is 7.21. The number of carbonyl (C=O) groups excluding carboxylic acids is 1. The minimum absolute atomic E-state index is 0.0564. The summed E-state index contributed by atoms with van der Waals surface area (Å²) in [5.74, 6) is 1.29. The number of hydrogen-bond donors (Lipinski definition) is 1. The molecule has 0 atom stereocenters. The Balaban J connectivity index is 1.73. The Kier molecular flexibility index (Phi) is 4.71. The van der Waals surface area contributed by atoms with Gasteiger partial charge in [-0.3, -0.25) is 4.79 Å². The van der Waals surface area contributed by atoms with E-state index in [1.54, 1.807) is 7.11 Å². The third kappa shape index (κ3) is 4.14. The van der Waals surface area contributed by atoms with Crippen LogP contribution in [0.5, 0.6) is 5.75 Å². The second-order valence-corrected chi connectivity index (χ2v) is 6.10. The van der Waals surface area contributed by atoms with Gasteiger partial charge < -0.3 is 14.8 Å². The number of amides is 1. The first-order chi connectivity index (χ1) is 9.11. The molecule has 4 nitrogen and oxygen atoms in total. The van der Waals surface area contributed by atoms with Crippen molar-refractivity contribution in [3.8, 4) is 5.75 Å². The van der Waals surface area contributed by atoms with E-state index in [0.29, 0.717) is 12.3 Å². The van der Waals surface area contributed by atoms with Gasteiger partial charge in [0, 0.05) is 16.9 Å². The zero-order valence-electron chi connectivity index (χ0n) is 11.3. The van der Waals surface area contributed by atoms with Crippen LogP contribution in [-0.4, -0.2) is 38.5 Å². The number of hydrogen-bond acceptors (Lipinski definition) is 4. The lowest BCUT2D eigenvalue weighted by Crippen LogP contribution is -2.48.